The Kier molecular flexibility index (Phi) is 9.56. The van der Waals surface area contributed by atoms with E-state index in [9.17, 15) is 18.4 Å². The second-order valence-electron chi connectivity index (χ2n) is 12.6. The summed E-state index contributed by atoms with van der Waals surface area (Å²) in [5.41, 5.74) is 5.94. The number of aromatic amines is 1. The van der Waals surface area contributed by atoms with E-state index < -0.39 is 11.6 Å². The normalized spacial score (nSPS) is 13.1. The molecule has 2 heterocycles. The van der Waals surface area contributed by atoms with Crippen molar-refractivity contribution in [1.29, 1.82) is 0 Å². The average Bonchev–Trinajstić information content (AvgIpc) is 3.76. The molecule has 266 valence electrons. The number of amides is 2. The van der Waals surface area contributed by atoms with Crippen LogP contribution in [0.2, 0.25) is 0 Å². The van der Waals surface area contributed by atoms with Crippen LogP contribution in [-0.2, 0) is 0 Å². The molecule has 6 aromatic carbocycles. The van der Waals surface area contributed by atoms with Crippen molar-refractivity contribution in [1.82, 2.24) is 10.3 Å². The molecule has 7 aromatic rings. The Labute approximate surface area is 315 Å². The maximum atomic E-state index is 14.3. The van der Waals surface area contributed by atoms with Crippen LogP contribution in [0.25, 0.3) is 33.4 Å². The molecular formula is C46H31F2N5O2. The number of hydrogen-bond donors (Lipinski definition) is 3. The van der Waals surface area contributed by atoms with Gasteiger partial charge in [-0.2, -0.15) is 0 Å². The van der Waals surface area contributed by atoms with E-state index in [2.05, 4.69) is 15.6 Å². The van der Waals surface area contributed by atoms with E-state index in [-0.39, 0.29) is 23.5 Å². The summed E-state index contributed by atoms with van der Waals surface area (Å²) in [6.45, 7) is 0. The molecule has 1 aromatic heterocycles. The van der Waals surface area contributed by atoms with E-state index in [0.29, 0.717) is 56.2 Å². The highest BCUT2D eigenvalue weighted by Crippen LogP contribution is 2.46. The number of benzene rings is 6. The smallest absolute Gasteiger partial charge is 0.256 e. The van der Waals surface area contributed by atoms with Gasteiger partial charge in [-0.05, 0) is 70.8 Å². The molecule has 0 fully saturated rings. The number of nitrogens with one attached hydrogen (secondary N) is 3. The standard InChI is InChI=1S/C46H31F2N5O2/c47-35-25-21-31(22-26-35)39-37(29-13-5-1-6-14-29)41(50-43(39)52-45(54)33-17-9-3-10-18-33)49-42-38(30-15-7-2-8-16-30)40(32-23-27-36(48)28-24-32)44(51-42)53-46(55)34-19-11-4-12-20-34/h1-28,50H,(H,52,54)(H,49,51,53,55). The molecule has 0 saturated carbocycles. The maximum Gasteiger partial charge on any atom is 0.256 e. The molecule has 2 amide bonds. The molecule has 0 atom stereocenters. The van der Waals surface area contributed by atoms with E-state index in [4.69, 9.17) is 9.98 Å². The molecule has 55 heavy (non-hydrogen) atoms. The van der Waals surface area contributed by atoms with Crippen LogP contribution in [-0.4, -0.2) is 28.5 Å². The van der Waals surface area contributed by atoms with Gasteiger partial charge in [-0.25, -0.2) is 18.8 Å². The lowest BCUT2D eigenvalue weighted by Gasteiger charge is -2.12. The molecular weight excluding hydrogens is 693 g/mol. The SMILES string of the molecule is O=C(NC1=NC(=Nc2[nH]c(NC(=O)c3ccccc3)c(-c3ccc(F)cc3)c2-c2ccccc2)C(c2ccccc2)=C1c1ccc(F)cc1)c1ccccc1. The van der Waals surface area contributed by atoms with Gasteiger partial charge in [0.2, 0.25) is 0 Å². The van der Waals surface area contributed by atoms with E-state index in [0.717, 1.165) is 11.1 Å². The summed E-state index contributed by atoms with van der Waals surface area (Å²) in [6.07, 6.45) is 0. The molecule has 7 nitrogen and oxygen atoms in total. The van der Waals surface area contributed by atoms with Crippen LogP contribution < -0.4 is 10.6 Å². The summed E-state index contributed by atoms with van der Waals surface area (Å²) >= 11 is 0. The zero-order valence-electron chi connectivity index (χ0n) is 29.1. The van der Waals surface area contributed by atoms with Gasteiger partial charge in [0.25, 0.3) is 11.8 Å². The first-order chi connectivity index (χ1) is 26.9. The molecule has 0 bridgehead atoms. The molecule has 0 spiro atoms. The highest BCUT2D eigenvalue weighted by molar-refractivity contribution is 6.51. The zero-order valence-corrected chi connectivity index (χ0v) is 29.1. The van der Waals surface area contributed by atoms with Crippen LogP contribution in [0.3, 0.4) is 0 Å². The third-order valence-electron chi connectivity index (χ3n) is 9.06. The number of H-pyrrole nitrogens is 1. The van der Waals surface area contributed by atoms with Crippen LogP contribution in [0.4, 0.5) is 20.4 Å². The predicted molar refractivity (Wildman–Crippen MR) is 214 cm³/mol. The lowest BCUT2D eigenvalue weighted by atomic mass is 9.94. The van der Waals surface area contributed by atoms with Gasteiger partial charge < -0.3 is 15.6 Å². The van der Waals surface area contributed by atoms with Gasteiger partial charge >= 0.3 is 0 Å². The first-order valence-electron chi connectivity index (χ1n) is 17.5. The van der Waals surface area contributed by atoms with E-state index in [1.165, 1.54) is 24.3 Å². The monoisotopic (exact) mass is 723 g/mol. The average molecular weight is 724 g/mol. The maximum absolute atomic E-state index is 14.3. The first-order valence-corrected chi connectivity index (χ1v) is 17.5. The lowest BCUT2D eigenvalue weighted by Crippen LogP contribution is -2.30. The number of aliphatic imine (C=N–C) groups is 2. The van der Waals surface area contributed by atoms with Crippen molar-refractivity contribution < 1.29 is 18.4 Å². The highest BCUT2D eigenvalue weighted by Gasteiger charge is 2.31. The Hall–Kier alpha value is -7.52. The van der Waals surface area contributed by atoms with E-state index in [1.807, 2.05) is 72.8 Å². The van der Waals surface area contributed by atoms with Crippen molar-refractivity contribution in [3.63, 3.8) is 0 Å². The first kappa shape index (κ1) is 34.6. The third-order valence-corrected chi connectivity index (χ3v) is 9.06. The number of carbonyl (C=O) groups excluding carboxylic acids is 2. The van der Waals surface area contributed by atoms with Crippen molar-refractivity contribution in [3.8, 4) is 22.3 Å². The fraction of sp³-hybridized carbons (Fsp3) is 0. The number of amidine groups is 2. The van der Waals surface area contributed by atoms with Crippen molar-refractivity contribution in [3.05, 3.63) is 204 Å². The quantitative estimate of drug-likeness (QED) is 0.145. The van der Waals surface area contributed by atoms with Gasteiger partial charge in [-0.3, -0.25) is 9.59 Å². The Morgan fingerprint density at radius 3 is 1.47 bits per heavy atom. The summed E-state index contributed by atoms with van der Waals surface area (Å²) in [5.74, 6) is -0.424. The minimum atomic E-state index is -0.415. The van der Waals surface area contributed by atoms with E-state index >= 15 is 0 Å². The van der Waals surface area contributed by atoms with Crippen LogP contribution in [0.1, 0.15) is 31.8 Å². The Morgan fingerprint density at radius 2 is 0.927 bits per heavy atom. The highest BCUT2D eigenvalue weighted by atomic mass is 19.1. The minimum absolute atomic E-state index is 0.224. The van der Waals surface area contributed by atoms with Crippen LogP contribution in [0.5, 0.6) is 0 Å². The predicted octanol–water partition coefficient (Wildman–Crippen LogP) is 10.4. The van der Waals surface area contributed by atoms with Crippen LogP contribution >= 0.6 is 0 Å². The molecule has 8 rings (SSSR count). The molecule has 1 aliphatic heterocycles. The largest absolute Gasteiger partial charge is 0.325 e. The van der Waals surface area contributed by atoms with E-state index in [1.54, 1.807) is 72.8 Å². The number of rotatable bonds is 8. The number of carbonyl (C=O) groups is 2. The Balaban J connectivity index is 1.38. The minimum Gasteiger partial charge on any atom is -0.325 e. The fourth-order valence-corrected chi connectivity index (χ4v) is 6.50. The van der Waals surface area contributed by atoms with Gasteiger partial charge in [0.15, 0.2) is 5.84 Å². The van der Waals surface area contributed by atoms with Crippen LogP contribution in [0, 0.1) is 11.6 Å². The second kappa shape index (κ2) is 15.2. The Bertz CT molecular complexity index is 2600. The zero-order chi connectivity index (χ0) is 37.7. The molecule has 9 heteroatoms. The molecule has 0 radical (unpaired) electrons. The molecule has 0 unspecified atom stereocenters. The summed E-state index contributed by atoms with van der Waals surface area (Å²) in [6, 6.07) is 48.6. The molecule has 0 saturated heterocycles. The van der Waals surface area contributed by atoms with Gasteiger partial charge in [-0.1, -0.05) is 121 Å². The van der Waals surface area contributed by atoms with Crippen LogP contribution in [0.15, 0.2) is 180 Å². The van der Waals surface area contributed by atoms with Crippen molar-refractivity contribution in [2.75, 3.05) is 5.32 Å². The Morgan fingerprint density at radius 1 is 0.491 bits per heavy atom. The molecule has 3 N–H and O–H groups in total. The molecule has 0 aliphatic carbocycles. The number of nitrogens with zero attached hydrogens (tertiary/aromatic N) is 2. The summed E-state index contributed by atoms with van der Waals surface area (Å²) in [7, 11) is 0. The number of aromatic nitrogens is 1. The fourth-order valence-electron chi connectivity index (χ4n) is 6.50. The van der Waals surface area contributed by atoms with Crippen molar-refractivity contribution >= 4 is 46.3 Å². The third kappa shape index (κ3) is 7.27. The summed E-state index contributed by atoms with van der Waals surface area (Å²) in [4.78, 5) is 40.8. The van der Waals surface area contributed by atoms with Gasteiger partial charge in [-0.15, -0.1) is 0 Å². The number of halogens is 2. The van der Waals surface area contributed by atoms with Crippen molar-refractivity contribution in [2.24, 2.45) is 9.98 Å². The van der Waals surface area contributed by atoms with Crippen molar-refractivity contribution in [2.45, 2.75) is 0 Å². The lowest BCUT2D eigenvalue weighted by molar-refractivity contribution is 0.0976. The topological polar surface area (TPSA) is 98.7 Å². The van der Waals surface area contributed by atoms with Gasteiger partial charge in [0, 0.05) is 33.4 Å². The van der Waals surface area contributed by atoms with Gasteiger partial charge in [0.05, 0.1) is 0 Å². The number of hydrogen-bond acceptors (Lipinski definition) is 3. The number of anilines is 1. The summed E-state index contributed by atoms with van der Waals surface area (Å²) in [5, 5.41) is 6.02. The summed E-state index contributed by atoms with van der Waals surface area (Å²) < 4.78 is 28.6. The van der Waals surface area contributed by atoms with Gasteiger partial charge in [0.1, 0.15) is 29.1 Å². The molecule has 1 aliphatic rings. The second-order valence-corrected chi connectivity index (χ2v) is 12.6.